The van der Waals surface area contributed by atoms with Crippen molar-refractivity contribution >= 4 is 45.7 Å². The third-order valence-electron chi connectivity index (χ3n) is 1.81. The Morgan fingerprint density at radius 1 is 1.07 bits per heavy atom. The third-order valence-corrected chi connectivity index (χ3v) is 2.89. The highest BCUT2D eigenvalue weighted by atomic mass is 35.5. The van der Waals surface area contributed by atoms with Crippen LogP contribution in [0.2, 0.25) is 15.1 Å². The van der Waals surface area contributed by atoms with E-state index < -0.39 is 5.82 Å². The standard InChI is InChI=1S/C9H3Cl3FN/c10-4-1-2-6(13)7-8(12)5(11)3-14-9(4)7/h1-3H. The number of hydrogen-bond donors (Lipinski definition) is 0. The van der Waals surface area contributed by atoms with Gasteiger partial charge in [0, 0.05) is 6.20 Å². The van der Waals surface area contributed by atoms with E-state index in [9.17, 15) is 4.39 Å². The number of halogens is 4. The Bertz CT molecular complexity index is 513. The van der Waals surface area contributed by atoms with Gasteiger partial charge in [-0.1, -0.05) is 34.8 Å². The van der Waals surface area contributed by atoms with Gasteiger partial charge in [0.05, 0.1) is 26.0 Å². The lowest BCUT2D eigenvalue weighted by atomic mass is 10.2. The topological polar surface area (TPSA) is 12.9 Å². The van der Waals surface area contributed by atoms with Gasteiger partial charge in [0.1, 0.15) is 5.82 Å². The van der Waals surface area contributed by atoms with Crippen LogP contribution < -0.4 is 0 Å². The van der Waals surface area contributed by atoms with Gasteiger partial charge in [-0.15, -0.1) is 0 Å². The summed E-state index contributed by atoms with van der Waals surface area (Å²) in [6, 6.07) is 2.66. The highest BCUT2D eigenvalue weighted by Crippen LogP contribution is 2.33. The average Bonchev–Trinajstić information content (AvgIpc) is 2.16. The number of pyridine rings is 1. The number of hydrogen-bond acceptors (Lipinski definition) is 1. The SMILES string of the molecule is Fc1ccc(Cl)c2ncc(Cl)c(Cl)c12. The second-order valence-electron chi connectivity index (χ2n) is 2.67. The molecule has 0 spiro atoms. The lowest BCUT2D eigenvalue weighted by molar-refractivity contribution is 0.639. The lowest BCUT2D eigenvalue weighted by Gasteiger charge is -2.04. The van der Waals surface area contributed by atoms with Crippen molar-refractivity contribution in [3.63, 3.8) is 0 Å². The highest BCUT2D eigenvalue weighted by Gasteiger charge is 2.12. The van der Waals surface area contributed by atoms with Gasteiger partial charge in [0.25, 0.3) is 0 Å². The number of aromatic nitrogens is 1. The van der Waals surface area contributed by atoms with Crippen LogP contribution >= 0.6 is 34.8 Å². The van der Waals surface area contributed by atoms with Crippen LogP contribution in [-0.2, 0) is 0 Å². The molecule has 1 heterocycles. The molecule has 0 saturated carbocycles. The second kappa shape index (κ2) is 3.54. The molecule has 0 unspecified atom stereocenters. The van der Waals surface area contributed by atoms with Crippen LogP contribution in [0.3, 0.4) is 0 Å². The van der Waals surface area contributed by atoms with Gasteiger partial charge in [-0.25, -0.2) is 4.39 Å². The molecular formula is C9H3Cl3FN. The molecule has 0 radical (unpaired) electrons. The van der Waals surface area contributed by atoms with Gasteiger partial charge in [-0.3, -0.25) is 4.98 Å². The van der Waals surface area contributed by atoms with E-state index in [2.05, 4.69) is 4.98 Å². The minimum absolute atomic E-state index is 0.136. The number of fused-ring (bicyclic) bond motifs is 1. The van der Waals surface area contributed by atoms with Crippen molar-refractivity contribution in [2.24, 2.45) is 0 Å². The Hall–Kier alpha value is -0.570. The molecule has 1 aromatic heterocycles. The van der Waals surface area contributed by atoms with Crippen molar-refractivity contribution in [1.82, 2.24) is 4.98 Å². The smallest absolute Gasteiger partial charge is 0.134 e. The molecule has 0 N–H and O–H groups in total. The summed E-state index contributed by atoms with van der Waals surface area (Å²) >= 11 is 17.4. The lowest BCUT2D eigenvalue weighted by Crippen LogP contribution is -1.86. The van der Waals surface area contributed by atoms with Crippen LogP contribution in [0.15, 0.2) is 18.3 Å². The molecule has 0 aliphatic heterocycles. The third kappa shape index (κ3) is 1.44. The first-order valence-corrected chi connectivity index (χ1v) is 4.82. The molecule has 0 aliphatic rings. The van der Waals surface area contributed by atoms with Crippen LogP contribution in [0.25, 0.3) is 10.9 Å². The molecule has 2 aromatic rings. The second-order valence-corrected chi connectivity index (χ2v) is 3.87. The molecule has 1 aromatic carbocycles. The van der Waals surface area contributed by atoms with Crippen LogP contribution in [0.4, 0.5) is 4.39 Å². The Morgan fingerprint density at radius 2 is 1.79 bits per heavy atom. The van der Waals surface area contributed by atoms with Gasteiger partial charge in [-0.05, 0) is 12.1 Å². The Kier molecular flexibility index (Phi) is 2.52. The molecule has 0 aliphatic carbocycles. The largest absolute Gasteiger partial charge is 0.253 e. The van der Waals surface area contributed by atoms with Crippen LogP contribution in [0.5, 0.6) is 0 Å². The summed E-state index contributed by atoms with van der Waals surface area (Å²) in [6.45, 7) is 0. The zero-order valence-electron chi connectivity index (χ0n) is 6.69. The molecule has 0 atom stereocenters. The summed E-state index contributed by atoms with van der Waals surface area (Å²) in [5.41, 5.74) is 0.320. The first kappa shape index (κ1) is 9.97. The summed E-state index contributed by atoms with van der Waals surface area (Å²) in [5, 5.41) is 0.851. The number of rotatable bonds is 0. The predicted octanol–water partition coefficient (Wildman–Crippen LogP) is 4.33. The van der Waals surface area contributed by atoms with E-state index in [0.29, 0.717) is 10.5 Å². The molecule has 0 amide bonds. The molecule has 2 rings (SSSR count). The quantitative estimate of drug-likeness (QED) is 0.678. The minimum Gasteiger partial charge on any atom is -0.253 e. The number of nitrogens with zero attached hydrogens (tertiary/aromatic N) is 1. The zero-order valence-corrected chi connectivity index (χ0v) is 8.96. The van der Waals surface area contributed by atoms with Crippen molar-refractivity contribution in [2.75, 3.05) is 0 Å². The first-order valence-electron chi connectivity index (χ1n) is 3.69. The Labute approximate surface area is 94.4 Å². The van der Waals surface area contributed by atoms with Gasteiger partial charge in [0.2, 0.25) is 0 Å². The minimum atomic E-state index is -0.482. The van der Waals surface area contributed by atoms with Gasteiger partial charge in [-0.2, -0.15) is 0 Å². The van der Waals surface area contributed by atoms with E-state index >= 15 is 0 Å². The fraction of sp³-hybridized carbons (Fsp3) is 0. The van der Waals surface area contributed by atoms with E-state index in [-0.39, 0.29) is 15.4 Å². The normalized spacial score (nSPS) is 10.9. The van der Waals surface area contributed by atoms with Gasteiger partial charge in [0.15, 0.2) is 0 Å². The molecule has 5 heteroatoms. The van der Waals surface area contributed by atoms with Crippen molar-refractivity contribution in [2.45, 2.75) is 0 Å². The molecule has 0 saturated heterocycles. The molecule has 72 valence electrons. The molecule has 0 fully saturated rings. The van der Waals surface area contributed by atoms with E-state index in [1.54, 1.807) is 0 Å². The van der Waals surface area contributed by atoms with Crippen LogP contribution in [0, 0.1) is 5.82 Å². The fourth-order valence-electron chi connectivity index (χ4n) is 1.17. The highest BCUT2D eigenvalue weighted by molar-refractivity contribution is 6.46. The molecular weight excluding hydrogens is 247 g/mol. The summed E-state index contributed by atoms with van der Waals surface area (Å²) in [7, 11) is 0. The Balaban J connectivity index is 3.01. The zero-order chi connectivity index (χ0) is 10.3. The maximum absolute atomic E-state index is 13.4. The Morgan fingerprint density at radius 3 is 2.50 bits per heavy atom. The van der Waals surface area contributed by atoms with E-state index in [1.807, 2.05) is 0 Å². The summed E-state index contributed by atoms with van der Waals surface area (Å²) in [5.74, 6) is -0.482. The van der Waals surface area contributed by atoms with Crippen molar-refractivity contribution in [3.8, 4) is 0 Å². The molecule has 1 nitrogen and oxygen atoms in total. The van der Waals surface area contributed by atoms with Crippen molar-refractivity contribution in [1.29, 1.82) is 0 Å². The maximum Gasteiger partial charge on any atom is 0.134 e. The average molecular weight is 250 g/mol. The van der Waals surface area contributed by atoms with Crippen molar-refractivity contribution < 1.29 is 4.39 Å². The fourth-order valence-corrected chi connectivity index (χ4v) is 1.75. The van der Waals surface area contributed by atoms with Gasteiger partial charge < -0.3 is 0 Å². The predicted molar refractivity (Wildman–Crippen MR) is 56.7 cm³/mol. The summed E-state index contributed by atoms with van der Waals surface area (Å²) < 4.78 is 13.4. The summed E-state index contributed by atoms with van der Waals surface area (Å²) in [4.78, 5) is 3.91. The van der Waals surface area contributed by atoms with Crippen LogP contribution in [0.1, 0.15) is 0 Å². The van der Waals surface area contributed by atoms with Crippen LogP contribution in [-0.4, -0.2) is 4.98 Å². The molecule has 0 bridgehead atoms. The monoisotopic (exact) mass is 249 g/mol. The first-order chi connectivity index (χ1) is 6.61. The maximum atomic E-state index is 13.4. The summed E-state index contributed by atoms with van der Waals surface area (Å²) in [6.07, 6.45) is 1.34. The van der Waals surface area contributed by atoms with Crippen molar-refractivity contribution in [3.05, 3.63) is 39.2 Å². The van der Waals surface area contributed by atoms with E-state index in [4.69, 9.17) is 34.8 Å². The molecule has 14 heavy (non-hydrogen) atoms. The van der Waals surface area contributed by atoms with E-state index in [0.717, 1.165) is 0 Å². The van der Waals surface area contributed by atoms with Gasteiger partial charge >= 0.3 is 0 Å². The number of benzene rings is 1. The van der Waals surface area contributed by atoms with E-state index in [1.165, 1.54) is 18.3 Å².